The minimum absolute atomic E-state index is 0.0334. The molecule has 0 spiro atoms. The van der Waals surface area contributed by atoms with Crippen LogP contribution < -0.4 is 10.5 Å². The lowest BCUT2D eigenvalue weighted by molar-refractivity contribution is 0.411. The van der Waals surface area contributed by atoms with Crippen LogP contribution in [0.25, 0.3) is 0 Å². The lowest BCUT2D eigenvalue weighted by atomic mass is 10.2. The van der Waals surface area contributed by atoms with Crippen molar-refractivity contribution in [1.29, 1.82) is 0 Å². The van der Waals surface area contributed by atoms with Crippen LogP contribution in [0.15, 0.2) is 41.3 Å². The van der Waals surface area contributed by atoms with Gasteiger partial charge in [-0.05, 0) is 36.4 Å². The van der Waals surface area contributed by atoms with Gasteiger partial charge < -0.3 is 10.5 Å². The van der Waals surface area contributed by atoms with Crippen molar-refractivity contribution in [3.05, 3.63) is 52.8 Å². The number of ether oxygens (including phenoxy) is 1. The zero-order valence-corrected chi connectivity index (χ0v) is 12.3. The number of nitrogen functional groups attached to an aromatic ring is 1. The smallest absolute Gasteiger partial charge is 0.147 e. The Kier molecular flexibility index (Phi) is 4.62. The van der Waals surface area contributed by atoms with Gasteiger partial charge in [0.15, 0.2) is 0 Å². The Balaban J connectivity index is 2.27. The van der Waals surface area contributed by atoms with Crippen molar-refractivity contribution in [2.24, 2.45) is 0 Å². The molecule has 6 heteroatoms. The van der Waals surface area contributed by atoms with E-state index < -0.39 is 16.6 Å². The average molecular weight is 314 g/mol. The van der Waals surface area contributed by atoms with Gasteiger partial charge in [0.2, 0.25) is 0 Å². The van der Waals surface area contributed by atoms with Gasteiger partial charge in [0, 0.05) is 15.5 Å². The molecule has 0 fully saturated rings. The van der Waals surface area contributed by atoms with Crippen molar-refractivity contribution in [1.82, 2.24) is 0 Å². The first-order valence-electron chi connectivity index (χ1n) is 5.77. The fourth-order valence-electron chi connectivity index (χ4n) is 1.73. The predicted molar refractivity (Wildman–Crippen MR) is 78.9 cm³/mol. The molecule has 1 atom stereocenters. The molecule has 0 saturated heterocycles. The molecule has 2 rings (SSSR count). The van der Waals surface area contributed by atoms with Gasteiger partial charge in [0.1, 0.15) is 11.6 Å². The monoisotopic (exact) mass is 313 g/mol. The van der Waals surface area contributed by atoms with E-state index in [4.69, 9.17) is 22.1 Å². The van der Waals surface area contributed by atoms with Crippen LogP contribution in [0.3, 0.4) is 0 Å². The molecule has 0 aliphatic rings. The Hall–Kier alpha value is -1.59. The van der Waals surface area contributed by atoms with Gasteiger partial charge >= 0.3 is 0 Å². The molecular formula is C14H13ClFNO2S. The fourth-order valence-corrected chi connectivity index (χ4v) is 3.06. The molecule has 1 unspecified atom stereocenters. The van der Waals surface area contributed by atoms with Crippen LogP contribution in [0.5, 0.6) is 5.75 Å². The standard InChI is InChI=1S/C14H13ClFNO2S/c1-19-14-5-2-10(15)6-9(14)8-20(18)11-3-4-13(17)12(16)7-11/h2-7H,8,17H2,1H3. The Morgan fingerprint density at radius 2 is 2.05 bits per heavy atom. The van der Waals surface area contributed by atoms with E-state index in [1.54, 1.807) is 24.3 Å². The Morgan fingerprint density at radius 1 is 1.30 bits per heavy atom. The maximum atomic E-state index is 13.4. The van der Waals surface area contributed by atoms with Crippen molar-refractivity contribution in [3.63, 3.8) is 0 Å². The van der Waals surface area contributed by atoms with E-state index in [9.17, 15) is 8.60 Å². The van der Waals surface area contributed by atoms with Crippen molar-refractivity contribution in [3.8, 4) is 5.75 Å². The summed E-state index contributed by atoms with van der Waals surface area (Å²) in [5.74, 6) is 0.208. The van der Waals surface area contributed by atoms with Gasteiger partial charge in [-0.3, -0.25) is 4.21 Å². The minimum atomic E-state index is -1.41. The summed E-state index contributed by atoms with van der Waals surface area (Å²) >= 11 is 5.92. The molecule has 0 aliphatic heterocycles. The number of halogens is 2. The molecule has 0 bridgehead atoms. The first-order valence-corrected chi connectivity index (χ1v) is 7.46. The van der Waals surface area contributed by atoms with Crippen LogP contribution >= 0.6 is 11.6 Å². The third-order valence-electron chi connectivity index (χ3n) is 2.76. The quantitative estimate of drug-likeness (QED) is 0.880. The third kappa shape index (κ3) is 3.29. The Morgan fingerprint density at radius 3 is 2.70 bits per heavy atom. The van der Waals surface area contributed by atoms with Crippen molar-refractivity contribution in [2.45, 2.75) is 10.6 Å². The van der Waals surface area contributed by atoms with Gasteiger partial charge in [-0.25, -0.2) is 4.39 Å². The number of rotatable bonds is 4. The first-order chi connectivity index (χ1) is 9.51. The number of hydrogen-bond donors (Lipinski definition) is 1. The van der Waals surface area contributed by atoms with Crippen LogP contribution in [0, 0.1) is 5.82 Å². The molecule has 20 heavy (non-hydrogen) atoms. The number of hydrogen-bond acceptors (Lipinski definition) is 3. The maximum absolute atomic E-state index is 13.4. The second-order valence-corrected chi connectivity index (χ2v) is 6.02. The molecule has 0 aliphatic carbocycles. The first kappa shape index (κ1) is 14.8. The van der Waals surface area contributed by atoms with E-state index in [-0.39, 0.29) is 11.4 Å². The lowest BCUT2D eigenvalue weighted by Crippen LogP contribution is -2.01. The molecule has 3 nitrogen and oxygen atoms in total. The second kappa shape index (κ2) is 6.24. The summed E-state index contributed by atoms with van der Waals surface area (Å²) in [7, 11) is 0.119. The molecule has 106 valence electrons. The van der Waals surface area contributed by atoms with Gasteiger partial charge in [0.25, 0.3) is 0 Å². The molecule has 0 radical (unpaired) electrons. The van der Waals surface area contributed by atoms with Gasteiger partial charge in [-0.1, -0.05) is 11.6 Å². The van der Waals surface area contributed by atoms with Crippen LogP contribution in [0.4, 0.5) is 10.1 Å². The number of nitrogens with two attached hydrogens (primary N) is 1. The highest BCUT2D eigenvalue weighted by Gasteiger charge is 2.12. The molecule has 0 aromatic heterocycles. The van der Waals surface area contributed by atoms with Crippen LogP contribution in [-0.4, -0.2) is 11.3 Å². The van der Waals surface area contributed by atoms with Crippen molar-refractivity contribution >= 4 is 28.1 Å². The van der Waals surface area contributed by atoms with Crippen LogP contribution in [0.2, 0.25) is 5.02 Å². The maximum Gasteiger partial charge on any atom is 0.147 e. The van der Waals surface area contributed by atoms with Crippen molar-refractivity contribution < 1.29 is 13.3 Å². The van der Waals surface area contributed by atoms with E-state index in [1.165, 1.54) is 19.2 Å². The summed E-state index contributed by atoms with van der Waals surface area (Å²) < 4.78 is 30.8. The van der Waals surface area contributed by atoms with Crippen LogP contribution in [-0.2, 0) is 16.6 Å². The highest BCUT2D eigenvalue weighted by Crippen LogP contribution is 2.26. The van der Waals surface area contributed by atoms with E-state index >= 15 is 0 Å². The molecular weight excluding hydrogens is 301 g/mol. The average Bonchev–Trinajstić information content (AvgIpc) is 2.42. The molecule has 0 saturated carbocycles. The lowest BCUT2D eigenvalue weighted by Gasteiger charge is -2.09. The highest BCUT2D eigenvalue weighted by atomic mass is 35.5. The zero-order chi connectivity index (χ0) is 14.7. The number of benzene rings is 2. The summed E-state index contributed by atoms with van der Waals surface area (Å²) in [6.07, 6.45) is 0. The van der Waals surface area contributed by atoms with Gasteiger partial charge in [-0.15, -0.1) is 0 Å². The Bertz CT molecular complexity index is 664. The van der Waals surface area contributed by atoms with E-state index in [0.717, 1.165) is 0 Å². The molecule has 2 aromatic rings. The molecule has 2 aromatic carbocycles. The summed E-state index contributed by atoms with van der Waals surface area (Å²) in [6, 6.07) is 9.21. The van der Waals surface area contributed by atoms with E-state index in [1.807, 2.05) is 0 Å². The zero-order valence-electron chi connectivity index (χ0n) is 10.7. The normalized spacial score (nSPS) is 12.2. The molecule has 2 N–H and O–H groups in total. The highest BCUT2D eigenvalue weighted by molar-refractivity contribution is 7.84. The largest absolute Gasteiger partial charge is 0.496 e. The van der Waals surface area contributed by atoms with Crippen LogP contribution in [0.1, 0.15) is 5.56 Å². The summed E-state index contributed by atoms with van der Waals surface area (Å²) in [5, 5.41) is 0.529. The fraction of sp³-hybridized carbons (Fsp3) is 0.143. The molecule has 0 amide bonds. The number of anilines is 1. The van der Waals surface area contributed by atoms with Crippen molar-refractivity contribution in [2.75, 3.05) is 12.8 Å². The minimum Gasteiger partial charge on any atom is -0.496 e. The number of methoxy groups -OCH3 is 1. The Labute approximate surface area is 124 Å². The molecule has 0 heterocycles. The van der Waals surface area contributed by atoms with E-state index in [0.29, 0.717) is 21.2 Å². The van der Waals surface area contributed by atoms with Gasteiger partial charge in [0.05, 0.1) is 29.3 Å². The van der Waals surface area contributed by atoms with E-state index in [2.05, 4.69) is 0 Å². The SMILES string of the molecule is COc1ccc(Cl)cc1CS(=O)c1ccc(N)c(F)c1. The summed E-state index contributed by atoms with van der Waals surface area (Å²) in [5.41, 5.74) is 6.13. The summed E-state index contributed by atoms with van der Waals surface area (Å²) in [6.45, 7) is 0. The third-order valence-corrected chi connectivity index (χ3v) is 4.35. The predicted octanol–water partition coefficient (Wildman–Crippen LogP) is 3.38. The topological polar surface area (TPSA) is 52.3 Å². The van der Waals surface area contributed by atoms with Gasteiger partial charge in [-0.2, -0.15) is 0 Å². The summed E-state index contributed by atoms with van der Waals surface area (Å²) in [4.78, 5) is 0.374. The second-order valence-electron chi connectivity index (χ2n) is 4.13.